The quantitative estimate of drug-likeness (QED) is 0.750. The van der Waals surface area contributed by atoms with Gasteiger partial charge in [0.25, 0.3) is 0 Å². The van der Waals surface area contributed by atoms with Crippen molar-refractivity contribution in [1.82, 2.24) is 9.80 Å². The van der Waals surface area contributed by atoms with Crippen LogP contribution in [-0.2, 0) is 16.1 Å². The number of likely N-dealkylation sites (tertiary alicyclic amines) is 1. The number of benzene rings is 2. The van der Waals surface area contributed by atoms with E-state index in [0.29, 0.717) is 32.6 Å². The van der Waals surface area contributed by atoms with E-state index >= 15 is 0 Å². The number of halogens is 1. The molecule has 2 aliphatic heterocycles. The molecule has 0 aromatic heterocycles. The van der Waals surface area contributed by atoms with Gasteiger partial charge in [-0.15, -0.1) is 0 Å². The summed E-state index contributed by atoms with van der Waals surface area (Å²) in [7, 11) is 0. The van der Waals surface area contributed by atoms with Crippen molar-refractivity contribution in [2.75, 3.05) is 37.6 Å². The van der Waals surface area contributed by atoms with Gasteiger partial charge in [-0.05, 0) is 37.1 Å². The maximum absolute atomic E-state index is 13.1. The van der Waals surface area contributed by atoms with Crippen LogP contribution in [0.3, 0.4) is 0 Å². The van der Waals surface area contributed by atoms with Crippen LogP contribution in [0.25, 0.3) is 0 Å². The Kier molecular flexibility index (Phi) is 6.00. The molecule has 2 aliphatic rings. The van der Waals surface area contributed by atoms with Gasteiger partial charge in [0, 0.05) is 56.4 Å². The van der Waals surface area contributed by atoms with Gasteiger partial charge in [0.1, 0.15) is 0 Å². The molecular weight excluding hydrogens is 398 g/mol. The summed E-state index contributed by atoms with van der Waals surface area (Å²) < 4.78 is 0. The summed E-state index contributed by atoms with van der Waals surface area (Å²) in [6.45, 7) is 8.12. The molecule has 5 nitrogen and oxygen atoms in total. The summed E-state index contributed by atoms with van der Waals surface area (Å²) in [5, 5.41) is 0.729. The second-order valence-electron chi connectivity index (χ2n) is 8.40. The zero-order valence-corrected chi connectivity index (χ0v) is 18.4. The van der Waals surface area contributed by atoms with Crippen LogP contribution in [0.15, 0.2) is 42.5 Å². The van der Waals surface area contributed by atoms with Crippen LogP contribution in [0.1, 0.15) is 23.1 Å². The Morgan fingerprint density at radius 2 is 1.73 bits per heavy atom. The number of piperazine rings is 1. The van der Waals surface area contributed by atoms with E-state index in [9.17, 15) is 9.59 Å². The van der Waals surface area contributed by atoms with Gasteiger partial charge in [0.05, 0.1) is 5.92 Å². The predicted molar refractivity (Wildman–Crippen MR) is 120 cm³/mol. The molecule has 0 radical (unpaired) electrons. The van der Waals surface area contributed by atoms with Crippen LogP contribution in [-0.4, -0.2) is 54.3 Å². The average molecular weight is 426 g/mol. The number of carbonyl (C=O) groups excluding carboxylic acids is 2. The molecule has 2 heterocycles. The Hall–Kier alpha value is -2.53. The number of anilines is 1. The largest absolute Gasteiger partial charge is 0.368 e. The zero-order chi connectivity index (χ0) is 21.3. The van der Waals surface area contributed by atoms with E-state index in [0.717, 1.165) is 29.4 Å². The molecule has 0 N–H and O–H groups in total. The summed E-state index contributed by atoms with van der Waals surface area (Å²) in [5.74, 6) is -0.0539. The standard InChI is InChI=1S/C24H28ClN3O2/c1-17-3-6-19(7-4-17)15-28-16-20(13-23(28)29)24(30)27-11-9-26(10-12-27)22-14-21(25)8-5-18(22)2/h3-8,14,20H,9-13,15-16H2,1-2H3/t20-/m1/s1. The van der Waals surface area contributed by atoms with Gasteiger partial charge in [0.15, 0.2) is 0 Å². The van der Waals surface area contributed by atoms with E-state index in [1.807, 2.05) is 34.9 Å². The summed E-state index contributed by atoms with van der Waals surface area (Å²) >= 11 is 6.17. The van der Waals surface area contributed by atoms with E-state index in [2.05, 4.69) is 36.1 Å². The number of amides is 2. The van der Waals surface area contributed by atoms with Crippen molar-refractivity contribution in [3.63, 3.8) is 0 Å². The van der Waals surface area contributed by atoms with E-state index in [-0.39, 0.29) is 17.7 Å². The van der Waals surface area contributed by atoms with Gasteiger partial charge >= 0.3 is 0 Å². The average Bonchev–Trinajstić information content (AvgIpc) is 3.11. The van der Waals surface area contributed by atoms with Gasteiger partial charge < -0.3 is 14.7 Å². The fourth-order valence-electron chi connectivity index (χ4n) is 4.35. The molecular formula is C24H28ClN3O2. The molecule has 0 spiro atoms. The van der Waals surface area contributed by atoms with Crippen molar-refractivity contribution in [3.8, 4) is 0 Å². The lowest BCUT2D eigenvalue weighted by atomic mass is 10.1. The first-order chi connectivity index (χ1) is 14.4. The minimum Gasteiger partial charge on any atom is -0.368 e. The highest BCUT2D eigenvalue weighted by Gasteiger charge is 2.37. The van der Waals surface area contributed by atoms with Gasteiger partial charge in [-0.25, -0.2) is 0 Å². The molecule has 2 amide bonds. The highest BCUT2D eigenvalue weighted by molar-refractivity contribution is 6.30. The molecule has 4 rings (SSSR count). The lowest BCUT2D eigenvalue weighted by Gasteiger charge is -2.37. The summed E-state index contributed by atoms with van der Waals surface area (Å²) in [6.07, 6.45) is 0.318. The molecule has 0 unspecified atom stereocenters. The molecule has 0 aliphatic carbocycles. The first-order valence-corrected chi connectivity index (χ1v) is 10.9. The van der Waals surface area contributed by atoms with Gasteiger partial charge in [-0.2, -0.15) is 0 Å². The van der Waals surface area contributed by atoms with Crippen LogP contribution in [0.5, 0.6) is 0 Å². The molecule has 0 bridgehead atoms. The number of nitrogens with zero attached hydrogens (tertiary/aromatic N) is 3. The van der Waals surface area contributed by atoms with Crippen molar-refractivity contribution in [3.05, 3.63) is 64.2 Å². The lowest BCUT2D eigenvalue weighted by molar-refractivity contribution is -0.136. The first-order valence-electron chi connectivity index (χ1n) is 10.5. The van der Waals surface area contributed by atoms with E-state index in [4.69, 9.17) is 11.6 Å². The minimum atomic E-state index is -0.234. The Balaban J connectivity index is 1.33. The molecule has 6 heteroatoms. The second-order valence-corrected chi connectivity index (χ2v) is 8.84. The van der Waals surface area contributed by atoms with Crippen LogP contribution >= 0.6 is 11.6 Å². The maximum atomic E-state index is 13.1. The minimum absolute atomic E-state index is 0.0714. The van der Waals surface area contributed by atoms with Crippen LogP contribution in [0.4, 0.5) is 5.69 Å². The SMILES string of the molecule is Cc1ccc(CN2C[C@H](C(=O)N3CCN(c4cc(Cl)ccc4C)CC3)CC2=O)cc1. The Labute approximate surface area is 183 Å². The topological polar surface area (TPSA) is 43.9 Å². The Morgan fingerprint density at radius 3 is 2.43 bits per heavy atom. The molecule has 0 saturated carbocycles. The fourth-order valence-corrected chi connectivity index (χ4v) is 4.52. The monoisotopic (exact) mass is 425 g/mol. The third-order valence-corrected chi connectivity index (χ3v) is 6.40. The van der Waals surface area contributed by atoms with Crippen molar-refractivity contribution in [1.29, 1.82) is 0 Å². The van der Waals surface area contributed by atoms with Crippen molar-refractivity contribution in [2.45, 2.75) is 26.8 Å². The van der Waals surface area contributed by atoms with Crippen LogP contribution in [0, 0.1) is 19.8 Å². The fraction of sp³-hybridized carbons (Fsp3) is 0.417. The van der Waals surface area contributed by atoms with Crippen molar-refractivity contribution >= 4 is 29.1 Å². The summed E-state index contributed by atoms with van der Waals surface area (Å²) in [5.41, 5.74) is 4.63. The lowest BCUT2D eigenvalue weighted by Crippen LogP contribution is -2.50. The highest BCUT2D eigenvalue weighted by atomic mass is 35.5. The predicted octanol–water partition coefficient (Wildman–Crippen LogP) is 3.65. The molecule has 2 aromatic carbocycles. The molecule has 1 atom stereocenters. The number of rotatable bonds is 4. The van der Waals surface area contributed by atoms with E-state index in [1.54, 1.807) is 0 Å². The number of hydrogen-bond donors (Lipinski definition) is 0. The van der Waals surface area contributed by atoms with Crippen LogP contribution in [0.2, 0.25) is 5.02 Å². The Bertz CT molecular complexity index is 936. The van der Waals surface area contributed by atoms with Crippen molar-refractivity contribution < 1.29 is 9.59 Å². The van der Waals surface area contributed by atoms with Crippen molar-refractivity contribution in [2.24, 2.45) is 5.92 Å². The van der Waals surface area contributed by atoms with E-state index < -0.39 is 0 Å². The molecule has 158 valence electrons. The molecule has 2 fully saturated rings. The van der Waals surface area contributed by atoms with E-state index in [1.165, 1.54) is 11.1 Å². The second kappa shape index (κ2) is 8.68. The zero-order valence-electron chi connectivity index (χ0n) is 17.6. The maximum Gasteiger partial charge on any atom is 0.228 e. The summed E-state index contributed by atoms with van der Waals surface area (Å²) in [6, 6.07) is 14.1. The highest BCUT2D eigenvalue weighted by Crippen LogP contribution is 2.27. The molecule has 30 heavy (non-hydrogen) atoms. The normalized spacial score (nSPS) is 19.5. The smallest absolute Gasteiger partial charge is 0.228 e. The molecule has 2 saturated heterocycles. The van der Waals surface area contributed by atoms with Gasteiger partial charge in [-0.3, -0.25) is 9.59 Å². The number of carbonyl (C=O) groups is 2. The number of hydrogen-bond acceptors (Lipinski definition) is 3. The van der Waals surface area contributed by atoms with Gasteiger partial charge in [0.2, 0.25) is 11.8 Å². The van der Waals surface area contributed by atoms with Crippen LogP contribution < -0.4 is 4.90 Å². The third-order valence-electron chi connectivity index (χ3n) is 6.16. The summed E-state index contributed by atoms with van der Waals surface area (Å²) in [4.78, 5) is 31.6. The third kappa shape index (κ3) is 4.46. The van der Waals surface area contributed by atoms with Gasteiger partial charge in [-0.1, -0.05) is 47.5 Å². The molecule has 2 aromatic rings. The Morgan fingerprint density at radius 1 is 1.03 bits per heavy atom. The first kappa shape index (κ1) is 20.7. The number of aryl methyl sites for hydroxylation is 2.